The first-order valence-corrected chi connectivity index (χ1v) is 22.7. The molecular formula is C47H65N13O9. The molecule has 7 atom stereocenters. The maximum Gasteiger partial charge on any atom is 0.243 e. The van der Waals surface area contributed by atoms with Crippen molar-refractivity contribution in [3.8, 4) is 0 Å². The van der Waals surface area contributed by atoms with E-state index in [1.807, 2.05) is 38.1 Å². The van der Waals surface area contributed by atoms with E-state index in [9.17, 15) is 43.2 Å². The van der Waals surface area contributed by atoms with Crippen molar-refractivity contribution in [2.45, 2.75) is 115 Å². The van der Waals surface area contributed by atoms with Crippen LogP contribution in [0.3, 0.4) is 0 Å². The standard InChI is InChI=1S/C47H65N13O9/c1-25(2)17-35(41(50)63)58-46(68)37(20-30-22-51-24-54-30)56-39(62)23-53-47(69)40(26(3)4)60-42(64)27(5)55-45(67)36(19-29-21-52-33-14-10-9-13-31(29)33)59-44(66)34(15-16-38(49)61)57-43(65)32(48)18-28-11-7-6-8-12-28/h6-14,21-22,24-27,32,34-37,40,52H,15-20,23,48H2,1-5H3,(H2,49,61)(H2,50,63)(H,51,54)(H,53,69)(H,55,67)(H,56,62)(H,57,65)(H,58,68)(H,59,66)(H,60,64)/t27-,32-,34-,35-,36-,37-,40-/m0/s1. The molecule has 0 radical (unpaired) electrons. The van der Waals surface area contributed by atoms with Crippen LogP contribution < -0.4 is 54.4 Å². The van der Waals surface area contributed by atoms with Gasteiger partial charge in [-0.2, -0.15) is 0 Å². The van der Waals surface area contributed by atoms with Crippen LogP contribution in [0.1, 0.15) is 70.7 Å². The summed E-state index contributed by atoms with van der Waals surface area (Å²) in [7, 11) is 0. The van der Waals surface area contributed by atoms with E-state index in [1.165, 1.54) is 19.4 Å². The molecule has 0 spiro atoms. The first-order valence-electron chi connectivity index (χ1n) is 22.7. The number of hydrogen-bond donors (Lipinski definition) is 12. The van der Waals surface area contributed by atoms with Crippen LogP contribution in [0.15, 0.2) is 73.3 Å². The number of hydrogen-bond acceptors (Lipinski definition) is 11. The van der Waals surface area contributed by atoms with Gasteiger partial charge in [-0.3, -0.25) is 43.2 Å². The van der Waals surface area contributed by atoms with Gasteiger partial charge >= 0.3 is 0 Å². The van der Waals surface area contributed by atoms with Gasteiger partial charge in [0.15, 0.2) is 0 Å². The minimum atomic E-state index is -1.34. The number of rotatable bonds is 27. The smallest absolute Gasteiger partial charge is 0.243 e. The maximum atomic E-state index is 14.1. The van der Waals surface area contributed by atoms with Gasteiger partial charge in [0.2, 0.25) is 53.2 Å². The summed E-state index contributed by atoms with van der Waals surface area (Å²) in [6.45, 7) is 7.79. The monoisotopic (exact) mass is 956 g/mol. The number of imidazole rings is 1. The van der Waals surface area contributed by atoms with Gasteiger partial charge in [-0.1, -0.05) is 76.2 Å². The van der Waals surface area contributed by atoms with Crippen LogP contribution in [0.5, 0.6) is 0 Å². The van der Waals surface area contributed by atoms with Gasteiger partial charge in [0, 0.05) is 48.3 Å². The molecule has 0 saturated heterocycles. The fourth-order valence-corrected chi connectivity index (χ4v) is 7.33. The number of primary amides is 2. The summed E-state index contributed by atoms with van der Waals surface area (Å²) in [6, 6.07) is 7.88. The Morgan fingerprint density at radius 3 is 1.90 bits per heavy atom. The van der Waals surface area contributed by atoms with Crippen molar-refractivity contribution in [2.75, 3.05) is 6.54 Å². The van der Waals surface area contributed by atoms with Crippen molar-refractivity contribution in [3.05, 3.63) is 90.1 Å². The summed E-state index contributed by atoms with van der Waals surface area (Å²) in [5.41, 5.74) is 19.8. The molecule has 4 aromatic rings. The Labute approximate surface area is 399 Å². The summed E-state index contributed by atoms with van der Waals surface area (Å²) in [5.74, 6) is -7.22. The molecule has 9 amide bonds. The summed E-state index contributed by atoms with van der Waals surface area (Å²) in [4.78, 5) is 129. The van der Waals surface area contributed by atoms with Crippen molar-refractivity contribution in [2.24, 2.45) is 29.0 Å². The lowest BCUT2D eigenvalue weighted by molar-refractivity contribution is -0.135. The molecule has 0 aliphatic carbocycles. The van der Waals surface area contributed by atoms with Crippen LogP contribution in [0.2, 0.25) is 0 Å². The summed E-state index contributed by atoms with van der Waals surface area (Å²) in [6.07, 6.45) is 4.36. The predicted molar refractivity (Wildman–Crippen MR) is 255 cm³/mol. The number of amides is 9. The summed E-state index contributed by atoms with van der Waals surface area (Å²) in [5, 5.41) is 18.9. The molecule has 0 fully saturated rings. The molecule has 0 aliphatic rings. The largest absolute Gasteiger partial charge is 0.370 e. The average molecular weight is 956 g/mol. The van der Waals surface area contributed by atoms with Gasteiger partial charge in [0.25, 0.3) is 0 Å². The molecule has 22 heteroatoms. The number of para-hydroxylation sites is 1. The molecule has 0 unspecified atom stereocenters. The highest BCUT2D eigenvalue weighted by Crippen LogP contribution is 2.20. The molecule has 4 rings (SSSR count). The highest BCUT2D eigenvalue weighted by molar-refractivity contribution is 5.97. The van der Waals surface area contributed by atoms with E-state index in [-0.39, 0.29) is 44.4 Å². The van der Waals surface area contributed by atoms with E-state index >= 15 is 0 Å². The number of carbonyl (C=O) groups excluding carboxylic acids is 9. The number of aromatic amines is 2. The van der Waals surface area contributed by atoms with Gasteiger partial charge in [-0.15, -0.1) is 0 Å². The molecule has 2 aromatic heterocycles. The SMILES string of the molecule is CC(C)C[C@H](NC(=O)[C@H](Cc1cnc[nH]1)NC(=O)CNC(=O)[C@@H](NC(=O)[C@H](C)NC(=O)[C@H](Cc1c[nH]c2ccccc12)NC(=O)[C@H](CCC(N)=O)NC(=O)[C@@H](N)Cc1ccccc1)C(C)C)C(N)=O. The Hall–Kier alpha value is -7.62. The van der Waals surface area contributed by atoms with E-state index in [1.54, 1.807) is 50.4 Å². The van der Waals surface area contributed by atoms with E-state index < -0.39 is 108 Å². The van der Waals surface area contributed by atoms with Crippen LogP contribution in [0.25, 0.3) is 10.9 Å². The molecule has 69 heavy (non-hydrogen) atoms. The minimum Gasteiger partial charge on any atom is -0.370 e. The third-order valence-electron chi connectivity index (χ3n) is 11.1. The Morgan fingerprint density at radius 2 is 1.26 bits per heavy atom. The van der Waals surface area contributed by atoms with E-state index in [4.69, 9.17) is 17.2 Å². The highest BCUT2D eigenvalue weighted by Gasteiger charge is 2.33. The van der Waals surface area contributed by atoms with Crippen LogP contribution in [-0.2, 0) is 62.4 Å². The van der Waals surface area contributed by atoms with Crippen molar-refractivity contribution < 1.29 is 43.2 Å². The number of fused-ring (bicyclic) bond motifs is 1. The van der Waals surface area contributed by atoms with E-state index in [2.05, 4.69) is 52.2 Å². The molecule has 2 aromatic carbocycles. The fraction of sp³-hybridized carbons (Fsp3) is 0.447. The maximum absolute atomic E-state index is 14.1. The molecule has 2 heterocycles. The molecular weight excluding hydrogens is 891 g/mol. The number of nitrogens with one attached hydrogen (secondary N) is 9. The topological polar surface area (TPSA) is 360 Å². The number of nitrogens with zero attached hydrogens (tertiary/aromatic N) is 1. The zero-order valence-corrected chi connectivity index (χ0v) is 39.4. The Morgan fingerprint density at radius 1 is 0.638 bits per heavy atom. The number of benzene rings is 2. The van der Waals surface area contributed by atoms with Gasteiger partial charge < -0.3 is 64.4 Å². The molecule has 0 aliphatic heterocycles. The molecule has 15 N–H and O–H groups in total. The number of carbonyl (C=O) groups is 9. The summed E-state index contributed by atoms with van der Waals surface area (Å²) >= 11 is 0. The lowest BCUT2D eigenvalue weighted by atomic mass is 10.0. The Bertz CT molecular complexity index is 2410. The van der Waals surface area contributed by atoms with Crippen molar-refractivity contribution in [1.82, 2.24) is 52.2 Å². The second-order valence-electron chi connectivity index (χ2n) is 17.7. The zero-order chi connectivity index (χ0) is 50.8. The van der Waals surface area contributed by atoms with Crippen LogP contribution in [0.4, 0.5) is 0 Å². The van der Waals surface area contributed by atoms with Gasteiger partial charge in [-0.05, 0) is 55.2 Å². The fourth-order valence-electron chi connectivity index (χ4n) is 7.33. The highest BCUT2D eigenvalue weighted by atomic mass is 16.2. The van der Waals surface area contributed by atoms with Gasteiger partial charge in [0.1, 0.15) is 36.3 Å². The van der Waals surface area contributed by atoms with Crippen LogP contribution in [0, 0.1) is 11.8 Å². The van der Waals surface area contributed by atoms with Crippen LogP contribution >= 0.6 is 0 Å². The van der Waals surface area contributed by atoms with Gasteiger partial charge in [-0.25, -0.2) is 4.98 Å². The first kappa shape index (κ1) is 54.0. The normalized spacial score (nSPS) is 14.3. The minimum absolute atomic E-state index is 0.0193. The second-order valence-corrected chi connectivity index (χ2v) is 17.7. The quantitative estimate of drug-likeness (QED) is 0.0335. The zero-order valence-electron chi connectivity index (χ0n) is 39.4. The Balaban J connectivity index is 1.44. The number of aromatic nitrogens is 3. The van der Waals surface area contributed by atoms with Crippen molar-refractivity contribution in [3.63, 3.8) is 0 Å². The molecule has 372 valence electrons. The third-order valence-corrected chi connectivity index (χ3v) is 11.1. The first-order chi connectivity index (χ1) is 32.7. The second kappa shape index (κ2) is 26.1. The lowest BCUT2D eigenvalue weighted by Crippen LogP contribution is -2.59. The lowest BCUT2D eigenvalue weighted by Gasteiger charge is -2.26. The predicted octanol–water partition coefficient (Wildman–Crippen LogP) is -1.26. The van der Waals surface area contributed by atoms with Crippen molar-refractivity contribution in [1.29, 1.82) is 0 Å². The summed E-state index contributed by atoms with van der Waals surface area (Å²) < 4.78 is 0. The van der Waals surface area contributed by atoms with Crippen molar-refractivity contribution >= 4 is 64.1 Å². The van der Waals surface area contributed by atoms with E-state index in [0.717, 1.165) is 16.5 Å². The Kier molecular flexibility index (Phi) is 20.4. The van der Waals surface area contributed by atoms with Crippen LogP contribution in [-0.4, -0.2) is 117 Å². The van der Waals surface area contributed by atoms with Gasteiger partial charge in [0.05, 0.1) is 18.9 Å². The van der Waals surface area contributed by atoms with E-state index in [0.29, 0.717) is 11.3 Å². The average Bonchev–Trinajstić information content (AvgIpc) is 3.97. The number of H-pyrrole nitrogens is 2. The third kappa shape index (κ3) is 17.2. The molecule has 0 saturated carbocycles. The number of nitrogens with two attached hydrogens (primary N) is 3. The molecule has 0 bridgehead atoms. The molecule has 22 nitrogen and oxygen atoms in total.